The smallest absolute Gasteiger partial charge is 0.149 e. The third-order valence-corrected chi connectivity index (χ3v) is 7.94. The van der Waals surface area contributed by atoms with Crippen molar-refractivity contribution in [2.75, 3.05) is 0 Å². The molecule has 0 atom stereocenters. The average molecular weight is 518 g/mol. The highest BCUT2D eigenvalue weighted by Crippen LogP contribution is 2.41. The van der Waals surface area contributed by atoms with Crippen molar-refractivity contribution in [1.82, 2.24) is 14.5 Å². The number of hydrogen-bond donors (Lipinski definition) is 0. The van der Waals surface area contributed by atoms with Crippen LogP contribution in [0, 0.1) is 0 Å². The van der Waals surface area contributed by atoms with Gasteiger partial charge in [-0.2, -0.15) is 0 Å². The molecule has 192 valence electrons. The van der Waals surface area contributed by atoms with E-state index in [1.54, 1.807) is 0 Å². The van der Waals surface area contributed by atoms with Crippen LogP contribution < -0.4 is 0 Å². The first kappa shape index (κ1) is 23.0. The lowest BCUT2D eigenvalue weighted by molar-refractivity contribution is 0.570. The molecule has 0 saturated heterocycles. The summed E-state index contributed by atoms with van der Waals surface area (Å²) in [7, 11) is 0. The number of pyridine rings is 1. The van der Waals surface area contributed by atoms with E-state index in [2.05, 4.69) is 122 Å². The number of hydrogen-bond acceptors (Lipinski definition) is 3. The van der Waals surface area contributed by atoms with E-state index < -0.39 is 0 Å². The predicted molar refractivity (Wildman–Crippen MR) is 165 cm³/mol. The van der Waals surface area contributed by atoms with E-state index in [4.69, 9.17) is 14.4 Å². The zero-order valence-corrected chi connectivity index (χ0v) is 22.6. The van der Waals surface area contributed by atoms with Crippen molar-refractivity contribution in [3.8, 4) is 17.1 Å². The summed E-state index contributed by atoms with van der Waals surface area (Å²) >= 11 is 0. The maximum Gasteiger partial charge on any atom is 0.149 e. The molecule has 0 aliphatic carbocycles. The lowest BCUT2D eigenvalue weighted by Gasteiger charge is -2.18. The monoisotopic (exact) mass is 517 g/mol. The topological polar surface area (TPSA) is 43.9 Å². The Labute approximate surface area is 231 Å². The van der Waals surface area contributed by atoms with E-state index in [0.29, 0.717) is 0 Å². The van der Waals surface area contributed by atoms with Crippen LogP contribution >= 0.6 is 0 Å². The van der Waals surface area contributed by atoms with Crippen molar-refractivity contribution >= 4 is 54.5 Å². The van der Waals surface area contributed by atoms with E-state index >= 15 is 0 Å². The van der Waals surface area contributed by atoms with E-state index in [9.17, 15) is 0 Å². The molecule has 0 saturated carbocycles. The molecule has 0 bridgehead atoms. The molecule has 0 spiro atoms. The van der Waals surface area contributed by atoms with E-state index in [1.807, 2.05) is 12.3 Å². The summed E-state index contributed by atoms with van der Waals surface area (Å²) in [6.07, 6.45) is 1.90. The number of rotatable bonds is 2. The molecule has 3 heterocycles. The first-order valence-corrected chi connectivity index (χ1v) is 13.7. The normalized spacial score (nSPS) is 12.4. The molecule has 3 aromatic heterocycles. The summed E-state index contributed by atoms with van der Waals surface area (Å²) in [6, 6.07) is 36.2. The number of benzene rings is 5. The molecule has 0 fully saturated rings. The fourth-order valence-corrected chi connectivity index (χ4v) is 5.93. The first-order valence-electron chi connectivity index (χ1n) is 13.7. The predicted octanol–water partition coefficient (Wildman–Crippen LogP) is 9.59. The number of aromatic nitrogens is 3. The fraction of sp³-hybridized carbons (Fsp3) is 0.111. The molecule has 0 radical (unpaired) electrons. The number of nitrogens with zero attached hydrogens (tertiary/aromatic N) is 3. The molecule has 8 aromatic rings. The number of para-hydroxylation sites is 2. The molecular formula is C36H27N3O. The fourth-order valence-electron chi connectivity index (χ4n) is 5.93. The van der Waals surface area contributed by atoms with Crippen molar-refractivity contribution < 1.29 is 4.42 Å². The van der Waals surface area contributed by atoms with Gasteiger partial charge in [0.2, 0.25) is 0 Å². The van der Waals surface area contributed by atoms with Gasteiger partial charge in [-0.15, -0.1) is 0 Å². The minimum atomic E-state index is -0.0806. The number of fused-ring (bicyclic) bond motifs is 8. The molecule has 40 heavy (non-hydrogen) atoms. The summed E-state index contributed by atoms with van der Waals surface area (Å²) in [4.78, 5) is 9.94. The van der Waals surface area contributed by atoms with Crippen molar-refractivity contribution in [3.05, 3.63) is 115 Å². The standard InChI is InChI=1S/C36H27N3O/c1-36(2,3)31-20-30-29(21-37-31)38-35(39(30)24-11-5-4-6-12-24)28-15-9-14-26-27-19-18-23-17-16-22-10-7-8-13-25(22)32(23)34(27)40-33(26)28/h4-21H,1-3H3. The third kappa shape index (κ3) is 3.32. The highest BCUT2D eigenvalue weighted by atomic mass is 16.3. The SMILES string of the molecule is CC(C)(C)c1cc2c(cn1)nc(-c1cccc3c1oc1c3ccc3ccc4ccccc4c31)n2-c1ccccc1. The Hall–Kier alpha value is -4.96. The summed E-state index contributed by atoms with van der Waals surface area (Å²) in [5, 5.41) is 6.92. The molecule has 4 nitrogen and oxygen atoms in total. The van der Waals surface area contributed by atoms with Gasteiger partial charge in [-0.3, -0.25) is 9.55 Å². The Morgan fingerprint density at radius 3 is 2.25 bits per heavy atom. The van der Waals surface area contributed by atoms with Crippen molar-refractivity contribution in [2.45, 2.75) is 26.2 Å². The van der Waals surface area contributed by atoms with Gasteiger partial charge >= 0.3 is 0 Å². The maximum atomic E-state index is 6.86. The largest absolute Gasteiger partial charge is 0.455 e. The second kappa shape index (κ2) is 8.27. The third-order valence-electron chi connectivity index (χ3n) is 7.94. The molecule has 0 amide bonds. The van der Waals surface area contributed by atoms with Crippen LogP contribution in [-0.2, 0) is 5.41 Å². The highest BCUT2D eigenvalue weighted by molar-refractivity contribution is 6.23. The lowest BCUT2D eigenvalue weighted by Crippen LogP contribution is -2.13. The van der Waals surface area contributed by atoms with Crippen molar-refractivity contribution in [3.63, 3.8) is 0 Å². The van der Waals surface area contributed by atoms with Gasteiger partial charge in [0.25, 0.3) is 0 Å². The van der Waals surface area contributed by atoms with Gasteiger partial charge in [0.1, 0.15) is 22.5 Å². The zero-order chi connectivity index (χ0) is 27.0. The Morgan fingerprint density at radius 1 is 0.675 bits per heavy atom. The van der Waals surface area contributed by atoms with Gasteiger partial charge < -0.3 is 4.42 Å². The molecule has 0 aliphatic rings. The quantitative estimate of drug-likeness (QED) is 0.214. The Balaban J connectivity index is 1.48. The van der Waals surface area contributed by atoms with Crippen LogP contribution in [0.5, 0.6) is 0 Å². The van der Waals surface area contributed by atoms with Crippen LogP contribution in [-0.4, -0.2) is 14.5 Å². The Bertz CT molecular complexity index is 2250. The highest BCUT2D eigenvalue weighted by Gasteiger charge is 2.23. The first-order chi connectivity index (χ1) is 19.5. The Morgan fingerprint density at radius 2 is 1.40 bits per heavy atom. The van der Waals surface area contributed by atoms with Crippen LogP contribution in [0.1, 0.15) is 26.5 Å². The van der Waals surface area contributed by atoms with Gasteiger partial charge in [-0.1, -0.05) is 93.6 Å². The van der Waals surface area contributed by atoms with Gasteiger partial charge in [-0.25, -0.2) is 4.98 Å². The number of imidazole rings is 1. The van der Waals surface area contributed by atoms with Crippen molar-refractivity contribution in [2.24, 2.45) is 0 Å². The van der Waals surface area contributed by atoms with Crippen LogP contribution in [0.4, 0.5) is 0 Å². The molecule has 8 rings (SSSR count). The summed E-state index contributed by atoms with van der Waals surface area (Å²) in [5.74, 6) is 0.841. The number of furan rings is 1. The van der Waals surface area contributed by atoms with E-state index in [0.717, 1.165) is 61.1 Å². The van der Waals surface area contributed by atoms with Gasteiger partial charge in [-0.05, 0) is 46.5 Å². The van der Waals surface area contributed by atoms with Crippen LogP contribution in [0.15, 0.2) is 114 Å². The summed E-state index contributed by atoms with van der Waals surface area (Å²) < 4.78 is 9.09. The molecule has 0 unspecified atom stereocenters. The molecule has 5 aromatic carbocycles. The minimum Gasteiger partial charge on any atom is -0.455 e. The molecule has 0 N–H and O–H groups in total. The molecule has 0 aliphatic heterocycles. The van der Waals surface area contributed by atoms with Crippen LogP contribution in [0.25, 0.3) is 71.6 Å². The van der Waals surface area contributed by atoms with Crippen LogP contribution in [0.2, 0.25) is 0 Å². The minimum absolute atomic E-state index is 0.0806. The molecular weight excluding hydrogens is 490 g/mol. The lowest BCUT2D eigenvalue weighted by atomic mass is 9.91. The second-order valence-corrected chi connectivity index (χ2v) is 11.5. The van der Waals surface area contributed by atoms with Gasteiger partial charge in [0.05, 0.1) is 17.3 Å². The van der Waals surface area contributed by atoms with Crippen LogP contribution in [0.3, 0.4) is 0 Å². The van der Waals surface area contributed by atoms with E-state index in [-0.39, 0.29) is 5.41 Å². The summed E-state index contributed by atoms with van der Waals surface area (Å²) in [5.41, 5.74) is 6.61. The maximum absolute atomic E-state index is 6.86. The van der Waals surface area contributed by atoms with Gasteiger partial charge in [0.15, 0.2) is 0 Å². The van der Waals surface area contributed by atoms with E-state index in [1.165, 1.54) is 16.2 Å². The molecule has 4 heteroatoms. The van der Waals surface area contributed by atoms with Crippen molar-refractivity contribution in [1.29, 1.82) is 0 Å². The average Bonchev–Trinajstić information content (AvgIpc) is 3.55. The Kier molecular flexibility index (Phi) is 4.75. The van der Waals surface area contributed by atoms with Gasteiger partial charge in [0, 0.05) is 33.0 Å². The zero-order valence-electron chi connectivity index (χ0n) is 22.6. The summed E-state index contributed by atoms with van der Waals surface area (Å²) in [6.45, 7) is 6.57. The second-order valence-electron chi connectivity index (χ2n) is 11.5.